The first-order valence-electron chi connectivity index (χ1n) is 5.34. The van der Waals surface area contributed by atoms with Gasteiger partial charge in [-0.1, -0.05) is 0 Å². The van der Waals surface area contributed by atoms with Crippen LogP contribution in [0.5, 0.6) is 0 Å². The van der Waals surface area contributed by atoms with Gasteiger partial charge in [-0.2, -0.15) is 23.5 Å². The van der Waals surface area contributed by atoms with E-state index in [1.165, 1.54) is 16.6 Å². The molecule has 0 aliphatic rings. The molecule has 1 heterocycles. The SMILES string of the molecule is CCn1nc(N(C)CCC(F)(F)F)c(C#N)c1N. The Morgan fingerprint density at radius 2 is 2.11 bits per heavy atom. The van der Waals surface area contributed by atoms with Crippen LogP contribution in [0.1, 0.15) is 18.9 Å². The Labute approximate surface area is 103 Å². The fraction of sp³-hybridized carbons (Fsp3) is 0.600. The van der Waals surface area contributed by atoms with E-state index in [1.54, 1.807) is 6.92 Å². The standard InChI is InChI=1S/C10H14F3N5/c1-3-18-8(15)7(6-14)9(16-18)17(2)5-4-10(11,12)13/h3-5,15H2,1-2H3. The number of nitrogens with two attached hydrogens (primary N) is 1. The van der Waals surface area contributed by atoms with Gasteiger partial charge in [-0.3, -0.25) is 0 Å². The normalized spacial score (nSPS) is 11.3. The van der Waals surface area contributed by atoms with Crippen molar-refractivity contribution in [1.29, 1.82) is 5.26 Å². The highest BCUT2D eigenvalue weighted by Crippen LogP contribution is 2.25. The fourth-order valence-corrected chi connectivity index (χ4v) is 1.48. The van der Waals surface area contributed by atoms with E-state index in [4.69, 9.17) is 11.0 Å². The Hall–Kier alpha value is -1.91. The van der Waals surface area contributed by atoms with Crippen LogP contribution < -0.4 is 10.6 Å². The van der Waals surface area contributed by atoms with Gasteiger partial charge in [-0.25, -0.2) is 4.68 Å². The maximum absolute atomic E-state index is 12.1. The van der Waals surface area contributed by atoms with Crippen molar-refractivity contribution in [3.8, 4) is 6.07 Å². The number of halogens is 3. The molecule has 0 unspecified atom stereocenters. The fourth-order valence-electron chi connectivity index (χ4n) is 1.48. The topological polar surface area (TPSA) is 70.9 Å². The van der Waals surface area contributed by atoms with E-state index in [0.29, 0.717) is 6.54 Å². The summed E-state index contributed by atoms with van der Waals surface area (Å²) in [6.45, 7) is 1.97. The van der Waals surface area contributed by atoms with Gasteiger partial charge in [0.05, 0.1) is 6.42 Å². The molecule has 0 saturated heterocycles. The number of aryl methyl sites for hydroxylation is 1. The lowest BCUT2D eigenvalue weighted by Crippen LogP contribution is -2.25. The second-order valence-corrected chi connectivity index (χ2v) is 3.80. The molecular formula is C10H14F3N5. The number of rotatable bonds is 4. The molecule has 1 aromatic rings. The van der Waals surface area contributed by atoms with Gasteiger partial charge in [0.1, 0.15) is 17.5 Å². The largest absolute Gasteiger partial charge is 0.390 e. The van der Waals surface area contributed by atoms with Crippen molar-refractivity contribution in [2.45, 2.75) is 26.1 Å². The molecule has 1 aromatic heterocycles. The van der Waals surface area contributed by atoms with Gasteiger partial charge < -0.3 is 10.6 Å². The summed E-state index contributed by atoms with van der Waals surface area (Å²) >= 11 is 0. The first-order valence-corrected chi connectivity index (χ1v) is 5.34. The van der Waals surface area contributed by atoms with Crippen LogP contribution in [0.4, 0.5) is 24.8 Å². The van der Waals surface area contributed by atoms with Crippen LogP contribution in [0, 0.1) is 11.3 Å². The molecule has 1 rings (SSSR count). The van der Waals surface area contributed by atoms with Gasteiger partial charge >= 0.3 is 6.18 Å². The van der Waals surface area contributed by atoms with Crippen LogP contribution in [0.25, 0.3) is 0 Å². The number of nitrogens with zero attached hydrogens (tertiary/aromatic N) is 4. The summed E-state index contributed by atoms with van der Waals surface area (Å²) in [5.41, 5.74) is 5.79. The quantitative estimate of drug-likeness (QED) is 0.896. The molecule has 5 nitrogen and oxygen atoms in total. The Bertz CT molecular complexity index is 457. The number of aromatic nitrogens is 2. The minimum atomic E-state index is -4.24. The molecule has 0 spiro atoms. The Morgan fingerprint density at radius 1 is 1.50 bits per heavy atom. The van der Waals surface area contributed by atoms with Crippen molar-refractivity contribution in [2.24, 2.45) is 0 Å². The van der Waals surface area contributed by atoms with Crippen molar-refractivity contribution < 1.29 is 13.2 Å². The van der Waals surface area contributed by atoms with E-state index in [2.05, 4.69) is 5.10 Å². The molecule has 100 valence electrons. The third-order valence-electron chi connectivity index (χ3n) is 2.48. The van der Waals surface area contributed by atoms with E-state index >= 15 is 0 Å². The van der Waals surface area contributed by atoms with Crippen LogP contribution in [0.15, 0.2) is 0 Å². The molecule has 0 amide bonds. The van der Waals surface area contributed by atoms with Crippen LogP contribution in [0.3, 0.4) is 0 Å². The minimum absolute atomic E-state index is 0.113. The number of hydrogen-bond acceptors (Lipinski definition) is 4. The summed E-state index contributed by atoms with van der Waals surface area (Å²) in [5, 5.41) is 13.0. The van der Waals surface area contributed by atoms with Crippen molar-refractivity contribution in [1.82, 2.24) is 9.78 Å². The summed E-state index contributed by atoms with van der Waals surface area (Å²) in [4.78, 5) is 1.29. The molecule has 0 aliphatic carbocycles. The number of hydrogen-bond donors (Lipinski definition) is 1. The predicted octanol–water partition coefficient (Wildman–Crippen LogP) is 1.75. The predicted molar refractivity (Wildman–Crippen MR) is 61.0 cm³/mol. The van der Waals surface area contributed by atoms with Crippen molar-refractivity contribution >= 4 is 11.6 Å². The van der Waals surface area contributed by atoms with Crippen molar-refractivity contribution in [3.63, 3.8) is 0 Å². The monoisotopic (exact) mass is 261 g/mol. The van der Waals surface area contributed by atoms with Crippen LogP contribution in [-0.4, -0.2) is 29.5 Å². The third kappa shape index (κ3) is 3.06. The van der Waals surface area contributed by atoms with Crippen LogP contribution in [-0.2, 0) is 6.54 Å². The zero-order chi connectivity index (χ0) is 13.9. The molecule has 2 N–H and O–H groups in total. The zero-order valence-electron chi connectivity index (χ0n) is 10.1. The Balaban J connectivity index is 2.92. The maximum Gasteiger partial charge on any atom is 0.390 e. The average molecular weight is 261 g/mol. The number of anilines is 2. The van der Waals surface area contributed by atoms with Gasteiger partial charge in [-0.05, 0) is 6.92 Å². The molecule has 0 atom stereocenters. The number of nitrogen functional groups attached to an aromatic ring is 1. The molecule has 0 bridgehead atoms. The van der Waals surface area contributed by atoms with Crippen LogP contribution in [0.2, 0.25) is 0 Å². The summed E-state index contributed by atoms with van der Waals surface area (Å²) in [7, 11) is 1.45. The second kappa shape index (κ2) is 5.16. The third-order valence-corrected chi connectivity index (χ3v) is 2.48. The highest BCUT2D eigenvalue weighted by atomic mass is 19.4. The molecule has 0 aliphatic heterocycles. The first-order chi connectivity index (χ1) is 8.30. The average Bonchev–Trinajstić information content (AvgIpc) is 2.61. The Kier molecular flexibility index (Phi) is 4.06. The smallest absolute Gasteiger partial charge is 0.383 e. The molecule has 0 fully saturated rings. The highest BCUT2D eigenvalue weighted by molar-refractivity contribution is 5.64. The molecular weight excluding hydrogens is 247 g/mol. The zero-order valence-corrected chi connectivity index (χ0v) is 10.1. The number of nitriles is 1. The van der Waals surface area contributed by atoms with Gasteiger partial charge in [0.15, 0.2) is 5.82 Å². The molecule has 18 heavy (non-hydrogen) atoms. The Morgan fingerprint density at radius 3 is 2.56 bits per heavy atom. The lowest BCUT2D eigenvalue weighted by molar-refractivity contribution is -0.132. The van der Waals surface area contributed by atoms with E-state index in [0.717, 1.165) is 0 Å². The summed E-state index contributed by atoms with van der Waals surface area (Å²) in [6.07, 6.45) is -5.20. The first kappa shape index (κ1) is 14.2. The van der Waals surface area contributed by atoms with Gasteiger partial charge in [0.25, 0.3) is 0 Å². The van der Waals surface area contributed by atoms with Crippen LogP contribution >= 0.6 is 0 Å². The lowest BCUT2D eigenvalue weighted by atomic mass is 10.3. The molecule has 0 saturated carbocycles. The van der Waals surface area contributed by atoms with E-state index in [-0.39, 0.29) is 23.7 Å². The van der Waals surface area contributed by atoms with E-state index in [9.17, 15) is 13.2 Å². The van der Waals surface area contributed by atoms with Gasteiger partial charge in [0, 0.05) is 20.1 Å². The lowest BCUT2D eigenvalue weighted by Gasteiger charge is -2.17. The molecule has 0 aromatic carbocycles. The minimum Gasteiger partial charge on any atom is -0.383 e. The second-order valence-electron chi connectivity index (χ2n) is 3.80. The van der Waals surface area contributed by atoms with E-state index in [1.807, 2.05) is 6.07 Å². The summed E-state index contributed by atoms with van der Waals surface area (Å²) < 4.78 is 37.8. The van der Waals surface area contributed by atoms with Crippen molar-refractivity contribution in [2.75, 3.05) is 24.2 Å². The highest BCUT2D eigenvalue weighted by Gasteiger charge is 2.28. The number of alkyl halides is 3. The van der Waals surface area contributed by atoms with Crippen molar-refractivity contribution in [3.05, 3.63) is 5.56 Å². The molecule has 0 radical (unpaired) electrons. The van der Waals surface area contributed by atoms with E-state index < -0.39 is 12.6 Å². The molecule has 8 heteroatoms. The summed E-state index contributed by atoms with van der Waals surface area (Å²) in [5.74, 6) is 0.356. The van der Waals surface area contributed by atoms with Gasteiger partial charge in [0.2, 0.25) is 0 Å². The summed E-state index contributed by atoms with van der Waals surface area (Å²) in [6, 6.07) is 1.87. The maximum atomic E-state index is 12.1. The van der Waals surface area contributed by atoms with Gasteiger partial charge in [-0.15, -0.1) is 0 Å².